The smallest absolute Gasteiger partial charge is 0.331 e. The first-order chi connectivity index (χ1) is 23.1. The number of carboxylic acids is 1. The van der Waals surface area contributed by atoms with Gasteiger partial charge in [0.1, 0.15) is 5.82 Å². The summed E-state index contributed by atoms with van der Waals surface area (Å²) in [6.45, 7) is 4.78. The van der Waals surface area contributed by atoms with Crippen molar-refractivity contribution < 1.29 is 14.7 Å². The number of aromatic nitrogens is 2. The number of fused-ring (bicyclic) bond motifs is 2. The van der Waals surface area contributed by atoms with Crippen molar-refractivity contribution >= 4 is 60.6 Å². The SMILES string of the molecule is CN1CCC(n2c(C(N)(Cc3ccc(Br)c(Br)c3)C(=O)O)nc3ccccc32)CC1.O=C1Nc2ccccc2CCN1C1CCNCC1. The molecule has 0 saturated carbocycles. The number of amides is 2. The molecule has 0 spiro atoms. The van der Waals surface area contributed by atoms with Gasteiger partial charge < -0.3 is 35.8 Å². The van der Waals surface area contributed by atoms with E-state index in [0.29, 0.717) is 11.9 Å². The molecule has 3 aliphatic heterocycles. The molecule has 12 heteroatoms. The van der Waals surface area contributed by atoms with Crippen LogP contribution in [0.1, 0.15) is 48.7 Å². The van der Waals surface area contributed by atoms with Crippen LogP contribution in [-0.4, -0.2) is 82.3 Å². The van der Waals surface area contributed by atoms with Gasteiger partial charge in [-0.15, -0.1) is 0 Å². The monoisotopic (exact) mass is 779 g/mol. The third-order valence-electron chi connectivity index (χ3n) is 9.79. The zero-order valence-corrected chi connectivity index (χ0v) is 30.3. The van der Waals surface area contributed by atoms with Crippen LogP contribution < -0.4 is 16.4 Å². The number of piperidine rings is 2. The molecule has 5 N–H and O–H groups in total. The van der Waals surface area contributed by atoms with Gasteiger partial charge in [0.25, 0.3) is 0 Å². The summed E-state index contributed by atoms with van der Waals surface area (Å²) in [5, 5.41) is 16.6. The van der Waals surface area contributed by atoms with Gasteiger partial charge in [-0.3, -0.25) is 0 Å². The largest absolute Gasteiger partial charge is 0.480 e. The number of hydrogen-bond acceptors (Lipinski definition) is 6. The molecule has 3 aliphatic rings. The zero-order chi connectivity index (χ0) is 33.8. The highest BCUT2D eigenvalue weighted by atomic mass is 79.9. The van der Waals surface area contributed by atoms with Crippen LogP contribution >= 0.6 is 31.9 Å². The molecule has 0 bridgehead atoms. The van der Waals surface area contributed by atoms with Crippen LogP contribution in [0.5, 0.6) is 0 Å². The second-order valence-electron chi connectivity index (χ2n) is 13.0. The van der Waals surface area contributed by atoms with Crippen LogP contribution in [0, 0.1) is 0 Å². The van der Waals surface area contributed by atoms with Crippen molar-refractivity contribution in [2.45, 2.75) is 56.1 Å². The molecule has 4 aromatic rings. The van der Waals surface area contributed by atoms with E-state index in [2.05, 4.69) is 65.1 Å². The lowest BCUT2D eigenvalue weighted by Gasteiger charge is -2.34. The number of carboxylic acid groups (broad SMARTS) is 1. The fraction of sp³-hybridized carbons (Fsp3) is 0.417. The van der Waals surface area contributed by atoms with E-state index in [-0.39, 0.29) is 18.5 Å². The Morgan fingerprint density at radius 2 is 1.67 bits per heavy atom. The molecule has 3 aromatic carbocycles. The van der Waals surface area contributed by atoms with Crippen molar-refractivity contribution in [1.29, 1.82) is 0 Å². The van der Waals surface area contributed by atoms with E-state index in [4.69, 9.17) is 10.7 Å². The molecular formula is C36H43Br2N7O3. The summed E-state index contributed by atoms with van der Waals surface area (Å²) in [7, 11) is 2.11. The van der Waals surface area contributed by atoms with Crippen LogP contribution in [-0.2, 0) is 23.2 Å². The Morgan fingerprint density at radius 1 is 0.958 bits per heavy atom. The normalized spacial score (nSPS) is 19.1. The predicted octanol–water partition coefficient (Wildman–Crippen LogP) is 6.14. The maximum Gasteiger partial charge on any atom is 0.331 e. The number of likely N-dealkylation sites (tertiary alicyclic amines) is 1. The van der Waals surface area contributed by atoms with Crippen molar-refractivity contribution in [2.75, 3.05) is 45.1 Å². The molecule has 2 amide bonds. The minimum atomic E-state index is -1.64. The number of hydrogen-bond donors (Lipinski definition) is 4. The summed E-state index contributed by atoms with van der Waals surface area (Å²) in [6, 6.07) is 22.2. The van der Waals surface area contributed by atoms with Crippen LogP contribution in [0.3, 0.4) is 0 Å². The van der Waals surface area contributed by atoms with Gasteiger partial charge in [0.05, 0.1) is 11.0 Å². The van der Waals surface area contributed by atoms with E-state index < -0.39 is 11.5 Å². The molecule has 1 unspecified atom stereocenters. The number of para-hydroxylation sites is 3. The topological polar surface area (TPSA) is 129 Å². The van der Waals surface area contributed by atoms with Gasteiger partial charge in [-0.25, -0.2) is 14.6 Å². The van der Waals surface area contributed by atoms with Gasteiger partial charge in [-0.05, 0) is 139 Å². The number of nitrogens with one attached hydrogen (secondary N) is 2. The summed E-state index contributed by atoms with van der Waals surface area (Å²) in [6.07, 6.45) is 5.07. The average molecular weight is 782 g/mol. The Morgan fingerprint density at radius 3 is 2.40 bits per heavy atom. The van der Waals surface area contributed by atoms with Crippen molar-refractivity contribution in [3.63, 3.8) is 0 Å². The Bertz CT molecular complexity index is 1770. The molecule has 7 rings (SSSR count). The fourth-order valence-corrected chi connectivity index (χ4v) is 7.73. The number of rotatable bonds is 6. The van der Waals surface area contributed by atoms with Gasteiger partial charge in [-0.2, -0.15) is 0 Å². The first-order valence-electron chi connectivity index (χ1n) is 16.6. The minimum Gasteiger partial charge on any atom is -0.480 e. The van der Waals surface area contributed by atoms with E-state index in [1.54, 1.807) is 0 Å². The number of anilines is 1. The highest BCUT2D eigenvalue weighted by molar-refractivity contribution is 9.13. The second-order valence-corrected chi connectivity index (χ2v) is 14.8. The molecule has 0 radical (unpaired) electrons. The number of urea groups is 1. The molecule has 1 atom stereocenters. The number of imidazole rings is 1. The Balaban J connectivity index is 0.000000189. The van der Waals surface area contributed by atoms with Crippen LogP contribution in [0.25, 0.3) is 11.0 Å². The van der Waals surface area contributed by atoms with E-state index in [1.165, 1.54) is 5.56 Å². The first kappa shape index (κ1) is 34.6. The summed E-state index contributed by atoms with van der Waals surface area (Å²) < 4.78 is 3.85. The van der Waals surface area contributed by atoms with Gasteiger partial charge in [-0.1, -0.05) is 36.4 Å². The third kappa shape index (κ3) is 7.47. The number of nitrogens with zero attached hydrogens (tertiary/aromatic N) is 4. The Labute approximate surface area is 298 Å². The van der Waals surface area contributed by atoms with E-state index in [0.717, 1.165) is 96.1 Å². The lowest BCUT2D eigenvalue weighted by atomic mass is 9.90. The maximum absolute atomic E-state index is 12.5. The quantitative estimate of drug-likeness (QED) is 0.185. The van der Waals surface area contributed by atoms with Crippen LogP contribution in [0.15, 0.2) is 75.7 Å². The lowest BCUT2D eigenvalue weighted by Crippen LogP contribution is -2.49. The van der Waals surface area contributed by atoms with Gasteiger partial charge in [0, 0.05) is 39.7 Å². The highest BCUT2D eigenvalue weighted by Gasteiger charge is 2.43. The number of carbonyl (C=O) groups is 2. The van der Waals surface area contributed by atoms with Gasteiger partial charge in [0.2, 0.25) is 0 Å². The van der Waals surface area contributed by atoms with E-state index in [1.807, 2.05) is 65.6 Å². The number of carbonyl (C=O) groups excluding carboxylic acids is 1. The minimum absolute atomic E-state index is 0.0619. The fourth-order valence-electron chi connectivity index (χ4n) is 7.06. The standard InChI is InChI=1S/C22H24Br2N4O2.C14H19N3O/c1-27-10-8-15(9-11-27)28-19-5-3-2-4-18(19)26-20(28)22(25,21(29)30)13-14-6-7-16(23)17(24)12-14;18-14-16-13-4-2-1-3-11(13)7-10-17(14)12-5-8-15-9-6-12/h2-7,12,15H,8-11,13,25H2,1H3,(H,29,30);1-4,12,15H,5-10H2,(H,16,18). The van der Waals surface area contributed by atoms with Crippen molar-refractivity contribution in [2.24, 2.45) is 5.73 Å². The second kappa shape index (κ2) is 15.1. The van der Waals surface area contributed by atoms with Crippen LogP contribution in [0.2, 0.25) is 0 Å². The van der Waals surface area contributed by atoms with Crippen molar-refractivity contribution in [1.82, 2.24) is 24.7 Å². The highest BCUT2D eigenvalue weighted by Crippen LogP contribution is 2.35. The summed E-state index contributed by atoms with van der Waals surface area (Å²) in [5.41, 5.74) is 9.77. The molecule has 4 heterocycles. The number of nitrogens with two attached hydrogens (primary N) is 1. The zero-order valence-electron chi connectivity index (χ0n) is 27.2. The third-order valence-corrected chi connectivity index (χ3v) is 11.7. The molecule has 1 aromatic heterocycles. The Kier molecular flexibility index (Phi) is 10.9. The first-order valence-corrected chi connectivity index (χ1v) is 18.2. The summed E-state index contributed by atoms with van der Waals surface area (Å²) in [4.78, 5) is 33.9. The molecule has 2 saturated heterocycles. The Hall–Kier alpha value is -3.29. The van der Waals surface area contributed by atoms with E-state index in [9.17, 15) is 14.7 Å². The molecule has 0 aliphatic carbocycles. The summed E-state index contributed by atoms with van der Waals surface area (Å²) >= 11 is 6.96. The molecule has 254 valence electrons. The summed E-state index contributed by atoms with van der Waals surface area (Å²) in [5.74, 6) is -0.657. The molecule has 48 heavy (non-hydrogen) atoms. The van der Waals surface area contributed by atoms with Crippen LogP contribution in [0.4, 0.5) is 10.5 Å². The van der Waals surface area contributed by atoms with Gasteiger partial charge >= 0.3 is 12.0 Å². The molecule has 2 fully saturated rings. The number of benzene rings is 3. The maximum atomic E-state index is 12.5. The molecular weight excluding hydrogens is 738 g/mol. The number of aliphatic carboxylic acids is 1. The average Bonchev–Trinajstić information content (AvgIpc) is 3.40. The number of halogens is 2. The van der Waals surface area contributed by atoms with Crippen molar-refractivity contribution in [3.8, 4) is 0 Å². The predicted molar refractivity (Wildman–Crippen MR) is 196 cm³/mol. The van der Waals surface area contributed by atoms with E-state index >= 15 is 0 Å². The molecule has 10 nitrogen and oxygen atoms in total. The van der Waals surface area contributed by atoms with Crippen molar-refractivity contribution in [3.05, 3.63) is 92.6 Å². The van der Waals surface area contributed by atoms with Gasteiger partial charge in [0.15, 0.2) is 5.54 Å². The lowest BCUT2D eigenvalue weighted by molar-refractivity contribution is -0.144.